The predicted octanol–water partition coefficient (Wildman–Crippen LogP) is 5.58. The highest BCUT2D eigenvalue weighted by atomic mass is 32.2. The number of ether oxygens (including phenoxy) is 1. The van der Waals surface area contributed by atoms with E-state index in [-0.39, 0.29) is 23.5 Å². The summed E-state index contributed by atoms with van der Waals surface area (Å²) in [5.41, 5.74) is 2.37. The van der Waals surface area contributed by atoms with Gasteiger partial charge in [-0.25, -0.2) is 4.79 Å². The Kier molecular flexibility index (Phi) is 8.18. The largest absolute Gasteiger partial charge is 0.465 e. The quantitative estimate of drug-likeness (QED) is 0.221. The third-order valence-electron chi connectivity index (χ3n) is 6.62. The van der Waals surface area contributed by atoms with Crippen LogP contribution in [0.2, 0.25) is 0 Å². The molecule has 0 atom stereocenters. The molecule has 0 fully saturated rings. The lowest BCUT2D eigenvalue weighted by Crippen LogP contribution is -2.33. The van der Waals surface area contributed by atoms with Crippen LogP contribution in [-0.2, 0) is 27.3 Å². The summed E-state index contributed by atoms with van der Waals surface area (Å²) in [5, 5.41) is 8.28. The van der Waals surface area contributed by atoms with Crippen LogP contribution in [0.1, 0.15) is 38.1 Å². The number of amides is 3. The Morgan fingerprint density at radius 1 is 0.975 bits per heavy atom. The van der Waals surface area contributed by atoms with Crippen LogP contribution in [0.4, 0.5) is 10.7 Å². The van der Waals surface area contributed by atoms with Gasteiger partial charge in [0.2, 0.25) is 11.8 Å². The van der Waals surface area contributed by atoms with E-state index in [1.54, 1.807) is 17.0 Å². The molecule has 10 heteroatoms. The van der Waals surface area contributed by atoms with Crippen LogP contribution in [0.5, 0.6) is 0 Å². The number of rotatable bonds is 7. The Labute approximate surface area is 239 Å². The van der Waals surface area contributed by atoms with Gasteiger partial charge in [0.05, 0.1) is 25.0 Å². The molecule has 0 spiro atoms. The molecule has 3 aromatic carbocycles. The van der Waals surface area contributed by atoms with Gasteiger partial charge in [0.15, 0.2) is 0 Å². The zero-order valence-electron chi connectivity index (χ0n) is 22.0. The van der Waals surface area contributed by atoms with E-state index in [0.29, 0.717) is 41.3 Å². The minimum Gasteiger partial charge on any atom is -0.465 e. The van der Waals surface area contributed by atoms with Crippen molar-refractivity contribution in [3.05, 3.63) is 88.3 Å². The number of nitrogens with zero attached hydrogens (tertiary/aromatic N) is 1. The van der Waals surface area contributed by atoms with Crippen LogP contribution >= 0.6 is 23.1 Å². The average molecular weight is 574 g/mol. The number of thioether (sulfide) groups is 1. The van der Waals surface area contributed by atoms with Crippen molar-refractivity contribution in [1.82, 2.24) is 4.90 Å². The Bertz CT molecular complexity index is 1630. The van der Waals surface area contributed by atoms with Crippen molar-refractivity contribution >= 4 is 68.3 Å². The maximum atomic E-state index is 12.9. The third-order valence-corrected chi connectivity index (χ3v) is 8.74. The molecular weight excluding hydrogens is 546 g/mol. The Morgan fingerprint density at radius 3 is 2.55 bits per heavy atom. The molecule has 0 bridgehead atoms. The first-order valence-electron chi connectivity index (χ1n) is 12.6. The van der Waals surface area contributed by atoms with Crippen molar-refractivity contribution in [3.8, 4) is 0 Å². The highest BCUT2D eigenvalue weighted by Crippen LogP contribution is 2.38. The first-order chi connectivity index (χ1) is 19.3. The number of anilines is 2. The molecule has 0 saturated carbocycles. The van der Waals surface area contributed by atoms with Crippen molar-refractivity contribution in [2.45, 2.75) is 24.8 Å². The van der Waals surface area contributed by atoms with Crippen LogP contribution < -0.4 is 10.6 Å². The van der Waals surface area contributed by atoms with Crippen LogP contribution in [-0.4, -0.2) is 48.0 Å². The van der Waals surface area contributed by atoms with Gasteiger partial charge in [-0.05, 0) is 53.1 Å². The van der Waals surface area contributed by atoms with Gasteiger partial charge < -0.3 is 20.3 Å². The zero-order valence-corrected chi connectivity index (χ0v) is 23.6. The van der Waals surface area contributed by atoms with Gasteiger partial charge in [0.25, 0.3) is 5.91 Å². The molecule has 0 unspecified atom stereocenters. The number of carbonyl (C=O) groups is 4. The topological polar surface area (TPSA) is 105 Å². The van der Waals surface area contributed by atoms with Crippen molar-refractivity contribution in [3.63, 3.8) is 0 Å². The Hall–Kier alpha value is -4.15. The van der Waals surface area contributed by atoms with Crippen molar-refractivity contribution < 1.29 is 23.9 Å². The van der Waals surface area contributed by atoms with E-state index in [1.807, 2.05) is 54.6 Å². The molecule has 5 rings (SSSR count). The van der Waals surface area contributed by atoms with Gasteiger partial charge >= 0.3 is 5.97 Å². The predicted molar refractivity (Wildman–Crippen MR) is 158 cm³/mol. The summed E-state index contributed by atoms with van der Waals surface area (Å²) >= 11 is 2.62. The van der Waals surface area contributed by atoms with Crippen LogP contribution in [0.3, 0.4) is 0 Å². The number of nitrogens with one attached hydrogen (secondary N) is 2. The molecule has 1 aliphatic heterocycles. The van der Waals surface area contributed by atoms with Gasteiger partial charge in [0, 0.05) is 34.5 Å². The van der Waals surface area contributed by atoms with Gasteiger partial charge in [-0.1, -0.05) is 36.4 Å². The molecule has 1 aliphatic rings. The van der Waals surface area contributed by atoms with Gasteiger partial charge in [-0.3, -0.25) is 14.4 Å². The first-order valence-corrected chi connectivity index (χ1v) is 14.4. The minimum atomic E-state index is -0.508. The van der Waals surface area contributed by atoms with Crippen LogP contribution in [0.25, 0.3) is 10.8 Å². The van der Waals surface area contributed by atoms with Gasteiger partial charge in [0.1, 0.15) is 5.00 Å². The molecule has 4 aromatic rings. The number of hydrogen-bond donors (Lipinski definition) is 2. The number of methoxy groups -OCH3 is 1. The molecule has 0 saturated heterocycles. The average Bonchev–Trinajstić information content (AvgIpc) is 3.32. The second-order valence-corrected chi connectivity index (χ2v) is 11.4. The molecule has 0 aliphatic carbocycles. The van der Waals surface area contributed by atoms with E-state index in [2.05, 4.69) is 10.6 Å². The van der Waals surface area contributed by atoms with Gasteiger partial charge in [-0.15, -0.1) is 23.1 Å². The minimum absolute atomic E-state index is 0.0312. The van der Waals surface area contributed by atoms with E-state index in [4.69, 9.17) is 4.74 Å². The van der Waals surface area contributed by atoms with E-state index < -0.39 is 5.97 Å². The van der Waals surface area contributed by atoms with E-state index in [9.17, 15) is 19.2 Å². The van der Waals surface area contributed by atoms with Crippen molar-refractivity contribution in [1.29, 1.82) is 0 Å². The summed E-state index contributed by atoms with van der Waals surface area (Å²) in [4.78, 5) is 53.5. The number of thiophene rings is 1. The summed E-state index contributed by atoms with van der Waals surface area (Å²) in [7, 11) is 1.31. The Balaban J connectivity index is 1.23. The maximum Gasteiger partial charge on any atom is 0.341 e. The highest BCUT2D eigenvalue weighted by molar-refractivity contribution is 8.00. The summed E-state index contributed by atoms with van der Waals surface area (Å²) in [6.45, 7) is 2.44. The number of carbonyl (C=O) groups excluding carboxylic acids is 4. The standard InChI is InChI=1S/C30H27N3O5S2/c1-18(34)33-13-12-24-25(16-33)40-29(27(24)30(37)38-2)32-26(35)17-39-23-9-5-8-22(15-23)31-28(36)21-11-10-19-6-3-4-7-20(19)14-21/h3-11,14-15H,12-13,16-17H2,1-2H3,(H,31,36)(H,32,35). The third kappa shape index (κ3) is 6.03. The fourth-order valence-electron chi connectivity index (χ4n) is 4.59. The molecule has 3 amide bonds. The molecule has 0 radical (unpaired) electrons. The van der Waals surface area contributed by atoms with E-state index >= 15 is 0 Å². The van der Waals surface area contributed by atoms with Crippen LogP contribution in [0.15, 0.2) is 71.6 Å². The normalized spacial score (nSPS) is 12.5. The molecule has 2 N–H and O–H groups in total. The summed E-state index contributed by atoms with van der Waals surface area (Å²) in [6.07, 6.45) is 0.526. The summed E-state index contributed by atoms with van der Waals surface area (Å²) < 4.78 is 4.98. The van der Waals surface area contributed by atoms with E-state index in [0.717, 1.165) is 26.1 Å². The smallest absolute Gasteiger partial charge is 0.341 e. The molecule has 40 heavy (non-hydrogen) atoms. The molecule has 204 valence electrons. The lowest BCUT2D eigenvalue weighted by Gasteiger charge is -2.25. The number of fused-ring (bicyclic) bond motifs is 2. The number of hydrogen-bond acceptors (Lipinski definition) is 7. The highest BCUT2D eigenvalue weighted by Gasteiger charge is 2.30. The fraction of sp³-hybridized carbons (Fsp3) is 0.200. The molecule has 8 nitrogen and oxygen atoms in total. The Morgan fingerprint density at radius 2 is 1.77 bits per heavy atom. The number of benzene rings is 3. The zero-order chi connectivity index (χ0) is 28.2. The van der Waals surface area contributed by atoms with E-state index in [1.165, 1.54) is 37.1 Å². The first kappa shape index (κ1) is 27.4. The molecular formula is C30H27N3O5S2. The lowest BCUT2D eigenvalue weighted by atomic mass is 10.0. The fourth-order valence-corrected chi connectivity index (χ4v) is 6.61. The second kappa shape index (κ2) is 11.9. The second-order valence-electron chi connectivity index (χ2n) is 9.27. The summed E-state index contributed by atoms with van der Waals surface area (Å²) in [6, 6.07) is 20.7. The van der Waals surface area contributed by atoms with Crippen LogP contribution in [0, 0.1) is 0 Å². The molecule has 1 aromatic heterocycles. The van der Waals surface area contributed by atoms with Crippen molar-refractivity contribution in [2.24, 2.45) is 0 Å². The number of esters is 1. The monoisotopic (exact) mass is 573 g/mol. The molecule has 2 heterocycles. The maximum absolute atomic E-state index is 12.9. The van der Waals surface area contributed by atoms with Crippen molar-refractivity contribution in [2.75, 3.05) is 30.0 Å². The van der Waals surface area contributed by atoms with Gasteiger partial charge in [-0.2, -0.15) is 0 Å². The summed E-state index contributed by atoms with van der Waals surface area (Å²) in [5.74, 6) is -0.929. The lowest BCUT2D eigenvalue weighted by molar-refractivity contribution is -0.129. The SMILES string of the molecule is COC(=O)c1c(NC(=O)CSc2cccc(NC(=O)c3ccc4ccccc4c3)c2)sc2c1CCN(C(C)=O)C2.